The molecule has 1 N–H and O–H groups in total. The Morgan fingerprint density at radius 3 is 2.66 bits per heavy atom. The maximum atomic E-state index is 13.5. The zero-order valence-corrected chi connectivity index (χ0v) is 16.6. The van der Waals surface area contributed by atoms with Crippen molar-refractivity contribution in [3.63, 3.8) is 0 Å². The molecule has 0 radical (unpaired) electrons. The number of esters is 1. The number of hydrogen-bond donors (Lipinski definition) is 1. The lowest BCUT2D eigenvalue weighted by atomic mass is 10.1. The molecule has 2 aromatic rings. The molecule has 2 amide bonds. The Morgan fingerprint density at radius 1 is 1.17 bits per heavy atom. The average Bonchev–Trinajstić information content (AvgIpc) is 3.06. The first-order valence-corrected chi connectivity index (χ1v) is 9.35. The molecular formula is C22H23FN2O4. The molecule has 1 atom stereocenters. The van der Waals surface area contributed by atoms with E-state index in [2.05, 4.69) is 5.32 Å². The lowest BCUT2D eigenvalue weighted by Gasteiger charge is -2.20. The van der Waals surface area contributed by atoms with Gasteiger partial charge in [-0.05, 0) is 55.7 Å². The van der Waals surface area contributed by atoms with Gasteiger partial charge in [0, 0.05) is 24.3 Å². The van der Waals surface area contributed by atoms with Crippen molar-refractivity contribution in [2.24, 2.45) is 5.92 Å². The Balaban J connectivity index is 1.56. The average molecular weight is 398 g/mol. The largest absolute Gasteiger partial charge is 0.455 e. The SMILES string of the molecule is Cc1ccc(NC(=O)COC(=O)[C@H]2CC(=O)N(c3cccc(C)c3C)C2)cc1F. The van der Waals surface area contributed by atoms with E-state index in [0.29, 0.717) is 5.56 Å². The Hall–Kier alpha value is -3.22. The summed E-state index contributed by atoms with van der Waals surface area (Å²) in [6.45, 7) is 5.23. The van der Waals surface area contributed by atoms with Gasteiger partial charge in [0.2, 0.25) is 5.91 Å². The quantitative estimate of drug-likeness (QED) is 0.785. The first kappa shape index (κ1) is 20.5. The zero-order chi connectivity index (χ0) is 21.1. The van der Waals surface area contributed by atoms with Gasteiger partial charge in [-0.2, -0.15) is 0 Å². The summed E-state index contributed by atoms with van der Waals surface area (Å²) in [7, 11) is 0. The van der Waals surface area contributed by atoms with Gasteiger partial charge in [-0.25, -0.2) is 4.39 Å². The van der Waals surface area contributed by atoms with E-state index in [4.69, 9.17) is 4.74 Å². The van der Waals surface area contributed by atoms with Crippen molar-refractivity contribution in [2.75, 3.05) is 23.4 Å². The van der Waals surface area contributed by atoms with Crippen molar-refractivity contribution in [1.82, 2.24) is 0 Å². The maximum absolute atomic E-state index is 13.5. The number of ether oxygens (including phenoxy) is 1. The summed E-state index contributed by atoms with van der Waals surface area (Å²) in [6.07, 6.45) is 0.0387. The number of nitrogens with one attached hydrogen (secondary N) is 1. The molecule has 6 nitrogen and oxygen atoms in total. The molecule has 2 aromatic carbocycles. The summed E-state index contributed by atoms with van der Waals surface area (Å²) in [5.41, 5.74) is 3.58. The monoisotopic (exact) mass is 398 g/mol. The van der Waals surface area contributed by atoms with Crippen LogP contribution in [0.15, 0.2) is 36.4 Å². The molecule has 1 heterocycles. The fourth-order valence-electron chi connectivity index (χ4n) is 3.25. The highest BCUT2D eigenvalue weighted by Crippen LogP contribution is 2.29. The predicted octanol–water partition coefficient (Wildman–Crippen LogP) is 3.29. The van der Waals surface area contributed by atoms with Crippen LogP contribution >= 0.6 is 0 Å². The number of carbonyl (C=O) groups excluding carboxylic acids is 3. The minimum absolute atomic E-state index is 0.0387. The molecule has 1 fully saturated rings. The number of anilines is 2. The van der Waals surface area contributed by atoms with Crippen molar-refractivity contribution >= 4 is 29.2 Å². The Kier molecular flexibility index (Phi) is 5.96. The van der Waals surface area contributed by atoms with Gasteiger partial charge in [0.1, 0.15) is 5.82 Å². The van der Waals surface area contributed by atoms with E-state index in [1.807, 2.05) is 32.0 Å². The minimum Gasteiger partial charge on any atom is -0.455 e. The summed E-state index contributed by atoms with van der Waals surface area (Å²) < 4.78 is 18.6. The second-order valence-electron chi connectivity index (χ2n) is 7.24. The number of rotatable bonds is 5. The van der Waals surface area contributed by atoms with Crippen LogP contribution in [-0.4, -0.2) is 30.9 Å². The first-order chi connectivity index (χ1) is 13.8. The molecule has 1 aliphatic heterocycles. The lowest BCUT2D eigenvalue weighted by Crippen LogP contribution is -2.28. The van der Waals surface area contributed by atoms with E-state index in [0.717, 1.165) is 16.8 Å². The van der Waals surface area contributed by atoms with E-state index in [-0.39, 0.29) is 24.6 Å². The van der Waals surface area contributed by atoms with Gasteiger partial charge in [0.25, 0.3) is 5.91 Å². The number of benzene rings is 2. The van der Waals surface area contributed by atoms with Crippen LogP contribution in [0.1, 0.15) is 23.1 Å². The smallest absolute Gasteiger partial charge is 0.311 e. The van der Waals surface area contributed by atoms with Crippen molar-refractivity contribution < 1.29 is 23.5 Å². The van der Waals surface area contributed by atoms with Crippen molar-refractivity contribution in [1.29, 1.82) is 0 Å². The molecule has 7 heteroatoms. The molecule has 152 valence electrons. The van der Waals surface area contributed by atoms with Gasteiger partial charge in [0.05, 0.1) is 5.92 Å². The van der Waals surface area contributed by atoms with E-state index in [1.165, 1.54) is 6.07 Å². The third kappa shape index (κ3) is 4.62. The molecule has 0 aromatic heterocycles. The van der Waals surface area contributed by atoms with Crippen molar-refractivity contribution in [3.05, 3.63) is 58.9 Å². The molecule has 0 saturated carbocycles. The van der Waals surface area contributed by atoms with Gasteiger partial charge in [-0.1, -0.05) is 18.2 Å². The van der Waals surface area contributed by atoms with E-state index < -0.39 is 30.2 Å². The van der Waals surface area contributed by atoms with Crippen LogP contribution in [0.3, 0.4) is 0 Å². The molecule has 0 unspecified atom stereocenters. The Bertz CT molecular complexity index is 973. The third-order valence-corrected chi connectivity index (χ3v) is 5.13. The second-order valence-corrected chi connectivity index (χ2v) is 7.24. The van der Waals surface area contributed by atoms with Crippen LogP contribution in [0, 0.1) is 32.5 Å². The van der Waals surface area contributed by atoms with Crippen LogP contribution in [0.4, 0.5) is 15.8 Å². The number of aryl methyl sites for hydroxylation is 2. The topological polar surface area (TPSA) is 75.7 Å². The number of amides is 2. The molecule has 1 saturated heterocycles. The van der Waals surface area contributed by atoms with Crippen LogP contribution < -0.4 is 10.2 Å². The standard InChI is InChI=1S/C22H23FN2O4/c1-13-5-4-6-19(15(13)3)25-11-16(9-21(25)27)22(28)29-12-20(26)24-17-8-7-14(2)18(23)10-17/h4-8,10,16H,9,11-12H2,1-3H3,(H,24,26)/t16-/m0/s1. The Morgan fingerprint density at radius 2 is 1.93 bits per heavy atom. The van der Waals surface area contributed by atoms with Crippen molar-refractivity contribution in [3.8, 4) is 0 Å². The molecule has 29 heavy (non-hydrogen) atoms. The minimum atomic E-state index is -0.632. The molecular weight excluding hydrogens is 375 g/mol. The van der Waals surface area contributed by atoms with E-state index in [9.17, 15) is 18.8 Å². The number of halogens is 1. The van der Waals surface area contributed by atoms with Gasteiger partial charge in [-0.15, -0.1) is 0 Å². The number of hydrogen-bond acceptors (Lipinski definition) is 4. The summed E-state index contributed by atoms with van der Waals surface area (Å²) in [5.74, 6) is -2.39. The van der Waals surface area contributed by atoms with E-state index >= 15 is 0 Å². The van der Waals surface area contributed by atoms with Crippen LogP contribution in [-0.2, 0) is 19.1 Å². The lowest BCUT2D eigenvalue weighted by molar-refractivity contribution is -0.151. The highest BCUT2D eigenvalue weighted by atomic mass is 19.1. The van der Waals surface area contributed by atoms with Gasteiger partial charge in [-0.3, -0.25) is 14.4 Å². The summed E-state index contributed by atoms with van der Waals surface area (Å²) in [6, 6.07) is 9.99. The van der Waals surface area contributed by atoms with Gasteiger partial charge < -0.3 is 15.0 Å². The third-order valence-electron chi connectivity index (χ3n) is 5.13. The fourth-order valence-corrected chi connectivity index (χ4v) is 3.25. The Labute approximate surface area is 168 Å². The molecule has 0 spiro atoms. The second kappa shape index (κ2) is 8.43. The molecule has 0 bridgehead atoms. The highest BCUT2D eigenvalue weighted by Gasteiger charge is 2.37. The molecule has 0 aliphatic carbocycles. The van der Waals surface area contributed by atoms with Crippen LogP contribution in [0.2, 0.25) is 0 Å². The molecule has 1 aliphatic rings. The highest BCUT2D eigenvalue weighted by molar-refractivity contribution is 6.00. The number of nitrogens with zero attached hydrogens (tertiary/aromatic N) is 1. The summed E-state index contributed by atoms with van der Waals surface area (Å²) in [5, 5.41) is 2.48. The molecule has 3 rings (SSSR count). The summed E-state index contributed by atoms with van der Waals surface area (Å²) in [4.78, 5) is 38.3. The normalized spacial score (nSPS) is 16.1. The van der Waals surface area contributed by atoms with Crippen LogP contribution in [0.25, 0.3) is 0 Å². The van der Waals surface area contributed by atoms with Crippen molar-refractivity contribution in [2.45, 2.75) is 27.2 Å². The summed E-state index contributed by atoms with van der Waals surface area (Å²) >= 11 is 0. The first-order valence-electron chi connectivity index (χ1n) is 9.35. The maximum Gasteiger partial charge on any atom is 0.311 e. The predicted molar refractivity (Wildman–Crippen MR) is 107 cm³/mol. The zero-order valence-electron chi connectivity index (χ0n) is 16.6. The number of carbonyl (C=O) groups is 3. The van der Waals surface area contributed by atoms with Crippen LogP contribution in [0.5, 0.6) is 0 Å². The fraction of sp³-hybridized carbons (Fsp3) is 0.318. The van der Waals surface area contributed by atoms with E-state index in [1.54, 1.807) is 24.0 Å². The van der Waals surface area contributed by atoms with Gasteiger partial charge >= 0.3 is 5.97 Å². The van der Waals surface area contributed by atoms with Gasteiger partial charge in [0.15, 0.2) is 6.61 Å².